The first-order valence-corrected chi connectivity index (χ1v) is 13.5. The topological polar surface area (TPSA) is 52.4 Å². The Balaban J connectivity index is 5.02. The maximum atomic E-state index is 13.3. The largest absolute Gasteiger partial charge is 0.468 e. The lowest BCUT2D eigenvalue weighted by atomic mass is 10.0. The summed E-state index contributed by atoms with van der Waals surface area (Å²) in [7, 11) is 0. The molecule has 6 nitrogen and oxygen atoms in total. The third-order valence-electron chi connectivity index (χ3n) is 6.26. The van der Waals surface area contributed by atoms with E-state index in [9.17, 15) is 9.59 Å². The number of amides is 4. The summed E-state index contributed by atoms with van der Waals surface area (Å²) in [6.45, 7) is 30.9. The van der Waals surface area contributed by atoms with Gasteiger partial charge < -0.3 is 0 Å². The van der Waals surface area contributed by atoms with Crippen LogP contribution in [0.15, 0.2) is 0 Å². The summed E-state index contributed by atoms with van der Waals surface area (Å²) >= 11 is 0. The molecule has 0 unspecified atom stereocenters. The summed E-state index contributed by atoms with van der Waals surface area (Å²) in [5.74, 6) is 0. The second-order valence-corrected chi connectivity index (χ2v) is 12.8. The number of unbranched alkanes of at least 4 members (excludes halogenated alkanes) is 3. The molecule has 0 aliphatic rings. The Morgan fingerprint density at radius 3 is 0.941 bits per heavy atom. The number of carbonyl (C=O) groups is 2. The van der Waals surface area contributed by atoms with E-state index in [0.717, 1.165) is 38.8 Å². The summed E-state index contributed by atoms with van der Waals surface area (Å²) in [6, 6.07) is 0.960. The Morgan fingerprint density at radius 2 is 0.765 bits per heavy atom. The molecule has 2 radical (unpaired) electrons. The highest BCUT2D eigenvalue weighted by molar-refractivity contribution is 5.79. The number of carbonyl (C=O) groups excluding carboxylic acids is 2. The Hall–Kier alpha value is -1.14. The zero-order valence-electron chi connectivity index (χ0n) is 25.2. The van der Waals surface area contributed by atoms with E-state index in [1.54, 1.807) is 0 Å². The van der Waals surface area contributed by atoms with Gasteiger partial charge >= 0.3 is 12.1 Å². The summed E-state index contributed by atoms with van der Waals surface area (Å²) in [5, 5.41) is 0. The fourth-order valence-electron chi connectivity index (χ4n) is 4.68. The van der Waals surface area contributed by atoms with Gasteiger partial charge in [0.05, 0.1) is 0 Å². The van der Waals surface area contributed by atoms with Crippen LogP contribution < -0.4 is 9.80 Å². The number of rotatable bonds is 11. The molecule has 0 aromatic heterocycles. The zero-order valence-corrected chi connectivity index (χ0v) is 25.2. The smallest absolute Gasteiger partial charge is 0.283 e. The zero-order chi connectivity index (χ0) is 27.0. The molecule has 0 heterocycles. The third kappa shape index (κ3) is 10.2. The molecule has 0 aromatic rings. The molecule has 200 valence electrons. The first kappa shape index (κ1) is 32.9. The van der Waals surface area contributed by atoms with Gasteiger partial charge in [0, 0.05) is 37.0 Å². The lowest BCUT2D eigenvalue weighted by Crippen LogP contribution is -2.59. The Kier molecular flexibility index (Phi) is 13.4. The van der Waals surface area contributed by atoms with Gasteiger partial charge in [0.2, 0.25) is 0 Å². The van der Waals surface area contributed by atoms with Gasteiger partial charge in [-0.05, 0) is 110 Å². The second kappa shape index (κ2) is 13.8. The van der Waals surface area contributed by atoms with E-state index in [-0.39, 0.29) is 47.3 Å². The van der Waals surface area contributed by atoms with Crippen LogP contribution in [0.3, 0.4) is 0 Å². The highest BCUT2D eigenvalue weighted by Gasteiger charge is 2.44. The number of hydrogen-bond acceptors (Lipinski definition) is 2. The maximum absolute atomic E-state index is 13.3. The van der Waals surface area contributed by atoms with E-state index in [1.807, 2.05) is 19.6 Å². The van der Waals surface area contributed by atoms with Crippen LogP contribution in [0.4, 0.5) is 9.59 Å². The van der Waals surface area contributed by atoms with Crippen LogP contribution in [-0.4, -0.2) is 70.2 Å². The second-order valence-electron chi connectivity index (χ2n) is 12.8. The lowest BCUT2D eigenvalue weighted by Gasteiger charge is -2.33. The van der Waals surface area contributed by atoms with Crippen molar-refractivity contribution < 1.29 is 9.59 Å². The highest BCUT2D eigenvalue weighted by Crippen LogP contribution is 2.20. The van der Waals surface area contributed by atoms with Crippen molar-refractivity contribution in [3.05, 3.63) is 0 Å². The quantitative estimate of drug-likeness (QED) is 0.237. The SMILES string of the molecule is CC(C)N(C(=O)[N+](CCCCCC[N+](C(=O)N(C(C)C)C(C)C)C(C)(C)C)C(C)(C)C)C(C)C. The number of nitrogens with zero attached hydrogens (tertiary/aromatic N) is 4. The monoisotopic (exact) mass is 482 g/mol. The predicted octanol–water partition coefficient (Wildman–Crippen LogP) is 6.90. The van der Waals surface area contributed by atoms with Gasteiger partial charge in [-0.1, -0.05) is 9.80 Å². The van der Waals surface area contributed by atoms with Gasteiger partial charge in [0.15, 0.2) is 0 Å². The summed E-state index contributed by atoms with van der Waals surface area (Å²) in [4.78, 5) is 34.7. The Morgan fingerprint density at radius 1 is 0.529 bits per heavy atom. The molecule has 0 spiro atoms. The number of urea groups is 2. The molecule has 0 aliphatic heterocycles. The molecule has 6 heteroatoms. The van der Waals surface area contributed by atoms with E-state index >= 15 is 0 Å². The molecule has 0 atom stereocenters. The molecule has 0 rings (SSSR count). The van der Waals surface area contributed by atoms with E-state index in [1.165, 1.54) is 0 Å². The van der Waals surface area contributed by atoms with Crippen LogP contribution in [0.1, 0.15) is 123 Å². The van der Waals surface area contributed by atoms with Gasteiger partial charge in [0.1, 0.15) is 24.2 Å². The Bertz CT molecular complexity index is 545. The van der Waals surface area contributed by atoms with E-state index in [2.05, 4.69) is 96.9 Å². The van der Waals surface area contributed by atoms with Gasteiger partial charge in [-0.2, -0.15) is 0 Å². The fraction of sp³-hybridized carbons (Fsp3) is 0.929. The first-order valence-electron chi connectivity index (χ1n) is 13.5. The van der Waals surface area contributed by atoms with Crippen LogP contribution in [0.2, 0.25) is 0 Å². The summed E-state index contributed by atoms with van der Waals surface area (Å²) in [5.41, 5.74) is -0.433. The minimum absolute atomic E-state index is 0.129. The first-order chi connectivity index (χ1) is 15.3. The van der Waals surface area contributed by atoms with E-state index in [4.69, 9.17) is 0 Å². The molecule has 0 saturated heterocycles. The van der Waals surface area contributed by atoms with E-state index in [0.29, 0.717) is 0 Å². The average Bonchev–Trinajstić information content (AvgIpc) is 2.60. The molecule has 0 aromatic carbocycles. The molecule has 0 N–H and O–H groups in total. The van der Waals surface area contributed by atoms with Gasteiger partial charge in [-0.25, -0.2) is 9.59 Å². The van der Waals surface area contributed by atoms with Gasteiger partial charge in [-0.15, -0.1) is 0 Å². The molecule has 34 heavy (non-hydrogen) atoms. The van der Waals surface area contributed by atoms with E-state index < -0.39 is 0 Å². The van der Waals surface area contributed by atoms with Crippen LogP contribution >= 0.6 is 0 Å². The van der Waals surface area contributed by atoms with Crippen LogP contribution in [0.5, 0.6) is 0 Å². The average molecular weight is 483 g/mol. The Labute approximate surface area is 212 Å². The fourth-order valence-corrected chi connectivity index (χ4v) is 4.68. The van der Waals surface area contributed by atoms with Gasteiger partial charge in [0.25, 0.3) is 0 Å². The standard InChI is InChI=1S/C28H58N4O2/c1-21(2)31(22(3)4)25(33)29(27(9,10)11)19-17-15-16-18-20-30(28(12,13)14)26(34)32(23(5)6)24(7)8/h21-24H,15-20H2,1-14H3/q+2. The molecule has 0 saturated carbocycles. The lowest BCUT2D eigenvalue weighted by molar-refractivity contribution is 0.124. The molecule has 4 amide bonds. The van der Waals surface area contributed by atoms with Crippen molar-refractivity contribution in [2.75, 3.05) is 13.1 Å². The number of hydrogen-bond donors (Lipinski definition) is 0. The van der Waals surface area contributed by atoms with Crippen molar-refractivity contribution in [3.8, 4) is 0 Å². The molecule has 0 aliphatic carbocycles. The highest BCUT2D eigenvalue weighted by atomic mass is 16.2. The van der Waals surface area contributed by atoms with Crippen molar-refractivity contribution in [3.63, 3.8) is 0 Å². The van der Waals surface area contributed by atoms with Crippen LogP contribution in [0.25, 0.3) is 0 Å². The minimum Gasteiger partial charge on any atom is -0.283 e. The predicted molar refractivity (Wildman–Crippen MR) is 147 cm³/mol. The van der Waals surface area contributed by atoms with Crippen molar-refractivity contribution in [1.29, 1.82) is 0 Å². The van der Waals surface area contributed by atoms with Crippen LogP contribution in [-0.2, 0) is 0 Å². The molecular formula is C28H58N4O2+2. The minimum atomic E-state index is -0.217. The van der Waals surface area contributed by atoms with Crippen molar-refractivity contribution in [2.45, 2.75) is 158 Å². The van der Waals surface area contributed by atoms with Crippen LogP contribution in [0, 0.1) is 0 Å². The van der Waals surface area contributed by atoms with Crippen molar-refractivity contribution in [1.82, 2.24) is 19.6 Å². The maximum Gasteiger partial charge on any atom is 0.468 e. The van der Waals surface area contributed by atoms with Crippen molar-refractivity contribution >= 4 is 12.1 Å². The summed E-state index contributed by atoms with van der Waals surface area (Å²) < 4.78 is 0. The van der Waals surface area contributed by atoms with Crippen molar-refractivity contribution in [2.24, 2.45) is 0 Å². The molecule has 0 bridgehead atoms. The third-order valence-corrected chi connectivity index (χ3v) is 6.26. The molecular weight excluding hydrogens is 424 g/mol. The summed E-state index contributed by atoms with van der Waals surface area (Å²) in [6.07, 6.45) is 4.04. The molecule has 0 fully saturated rings. The van der Waals surface area contributed by atoms with Gasteiger partial charge in [-0.3, -0.25) is 9.80 Å². The normalized spacial score (nSPS) is 13.2.